The number of fused-ring (bicyclic) bond motifs is 1. The van der Waals surface area contributed by atoms with Crippen LogP contribution in [0.2, 0.25) is 0 Å². The van der Waals surface area contributed by atoms with E-state index >= 15 is 0 Å². The second-order valence-corrected chi connectivity index (χ2v) is 10.9. The van der Waals surface area contributed by atoms with E-state index in [1.807, 2.05) is 29.2 Å². The van der Waals surface area contributed by atoms with Gasteiger partial charge < -0.3 is 25.8 Å². The van der Waals surface area contributed by atoms with Crippen LogP contribution in [0.25, 0.3) is 22.0 Å². The molecule has 0 bridgehead atoms. The molecular weight excluding hydrogens is 551 g/mol. The van der Waals surface area contributed by atoms with Crippen LogP contribution in [0.4, 0.5) is 24.9 Å². The molecule has 6 rings (SSSR count). The number of nitrogens with one attached hydrogen (secondary N) is 1. The first-order valence-corrected chi connectivity index (χ1v) is 13.5. The Bertz CT molecular complexity index is 1610. The topological polar surface area (TPSA) is 139 Å². The monoisotopic (exact) mass is 579 g/mol. The lowest BCUT2D eigenvalue weighted by molar-refractivity contribution is -0.198. The minimum Gasteiger partial charge on any atom is -0.480 e. The van der Waals surface area contributed by atoms with E-state index in [9.17, 15) is 23.1 Å². The van der Waals surface area contributed by atoms with Gasteiger partial charge in [-0.15, -0.1) is 0 Å². The lowest BCUT2D eigenvalue weighted by atomic mass is 9.76. The molecule has 13 heteroatoms. The third kappa shape index (κ3) is 5.64. The number of carboxylic acids is 1. The summed E-state index contributed by atoms with van der Waals surface area (Å²) in [6, 6.07) is 14.2. The number of nitrogens with two attached hydrogens (primary N) is 1. The van der Waals surface area contributed by atoms with E-state index in [2.05, 4.69) is 25.5 Å². The number of nitrogen functional groups attached to an aromatic ring is 1. The molecular formula is C29H28F3N7O3. The molecule has 4 aromatic rings. The Morgan fingerprint density at radius 1 is 1.07 bits per heavy atom. The summed E-state index contributed by atoms with van der Waals surface area (Å²) in [5.74, 6) is -0.982. The quantitative estimate of drug-likeness (QED) is 0.301. The average molecular weight is 580 g/mol. The number of hydrogen-bond acceptors (Lipinski definition) is 9. The molecule has 0 aliphatic carbocycles. The first-order chi connectivity index (χ1) is 20.1. The van der Waals surface area contributed by atoms with Gasteiger partial charge in [-0.3, -0.25) is 4.79 Å². The van der Waals surface area contributed by atoms with Crippen LogP contribution in [0, 0.1) is 5.41 Å². The molecule has 2 saturated heterocycles. The molecule has 0 radical (unpaired) electrons. The van der Waals surface area contributed by atoms with Crippen molar-refractivity contribution in [2.75, 3.05) is 30.3 Å². The zero-order valence-corrected chi connectivity index (χ0v) is 22.4. The molecule has 2 aliphatic heterocycles. The van der Waals surface area contributed by atoms with Crippen molar-refractivity contribution in [3.8, 4) is 17.0 Å². The minimum atomic E-state index is -4.73. The molecule has 2 aliphatic rings. The minimum absolute atomic E-state index is 0.0849. The Balaban J connectivity index is 1.19. The molecule has 1 spiro atoms. The highest BCUT2D eigenvalue weighted by atomic mass is 19.4. The first-order valence-electron chi connectivity index (χ1n) is 13.5. The van der Waals surface area contributed by atoms with Crippen LogP contribution in [0.1, 0.15) is 30.9 Å². The molecule has 2 atom stereocenters. The van der Waals surface area contributed by atoms with Crippen molar-refractivity contribution in [3.05, 3.63) is 66.4 Å². The van der Waals surface area contributed by atoms with Gasteiger partial charge in [-0.25, -0.2) is 0 Å². The fourth-order valence-electron chi connectivity index (χ4n) is 5.80. The van der Waals surface area contributed by atoms with Crippen LogP contribution in [0.5, 0.6) is 5.88 Å². The standard InChI is InChI=1S/C29H28F3N7O3/c30-29(31,32)25(18-3-1-17(2-4-18)19-5-6-21-20(13-19)7-10-35-38-21)42-24-14-23(36-27(33)37-24)39-11-8-28(9-12-39)15-22(26(40)41)34-16-28/h1-7,10,13-14,22,25,34H,8-9,11-12,15-16H2,(H,40,41)(H2,33,36,37)/t22?,25-/m1/s1. The summed E-state index contributed by atoms with van der Waals surface area (Å²) in [7, 11) is 0. The Kier molecular flexibility index (Phi) is 7.05. The first kappa shape index (κ1) is 27.6. The van der Waals surface area contributed by atoms with Crippen LogP contribution in [0.15, 0.2) is 60.8 Å². The van der Waals surface area contributed by atoms with Crippen molar-refractivity contribution in [1.29, 1.82) is 0 Å². The molecule has 2 aromatic carbocycles. The number of halogens is 3. The molecule has 218 valence electrons. The van der Waals surface area contributed by atoms with E-state index in [4.69, 9.17) is 10.5 Å². The number of carbonyl (C=O) groups is 1. The van der Waals surface area contributed by atoms with Crippen LogP contribution in [-0.2, 0) is 4.79 Å². The van der Waals surface area contributed by atoms with Crippen LogP contribution in [0.3, 0.4) is 0 Å². The third-order valence-corrected chi connectivity index (χ3v) is 8.11. The SMILES string of the molecule is Nc1nc(O[C@H](c2ccc(-c3ccc4nnccc4c3)cc2)C(F)(F)F)cc(N2CCC3(CC2)CNC(C(=O)O)C3)n1. The van der Waals surface area contributed by atoms with Crippen LogP contribution < -0.4 is 20.7 Å². The zero-order valence-electron chi connectivity index (χ0n) is 22.4. The largest absolute Gasteiger partial charge is 0.480 e. The van der Waals surface area contributed by atoms with E-state index < -0.39 is 24.3 Å². The fourth-order valence-corrected chi connectivity index (χ4v) is 5.80. The number of alkyl halides is 3. The van der Waals surface area contributed by atoms with Gasteiger partial charge in [0.05, 0.1) is 11.7 Å². The van der Waals surface area contributed by atoms with Gasteiger partial charge in [-0.1, -0.05) is 30.3 Å². The summed E-state index contributed by atoms with van der Waals surface area (Å²) in [6.07, 6.45) is -3.45. The van der Waals surface area contributed by atoms with Gasteiger partial charge in [-0.2, -0.15) is 33.3 Å². The van der Waals surface area contributed by atoms with Gasteiger partial charge >= 0.3 is 12.1 Å². The predicted octanol–water partition coefficient (Wildman–Crippen LogP) is 4.38. The Morgan fingerprint density at radius 3 is 2.50 bits per heavy atom. The Morgan fingerprint density at radius 2 is 1.81 bits per heavy atom. The number of rotatable bonds is 6. The van der Waals surface area contributed by atoms with Gasteiger partial charge in [0, 0.05) is 36.7 Å². The maximum atomic E-state index is 14.2. The second kappa shape index (κ2) is 10.7. The lowest BCUT2D eigenvalue weighted by Crippen LogP contribution is -2.41. The summed E-state index contributed by atoms with van der Waals surface area (Å²) >= 11 is 0. The third-order valence-electron chi connectivity index (χ3n) is 8.11. The summed E-state index contributed by atoms with van der Waals surface area (Å²) in [6.45, 7) is 1.71. The van der Waals surface area contributed by atoms with Crippen molar-refractivity contribution < 1.29 is 27.8 Å². The number of aromatic nitrogens is 4. The van der Waals surface area contributed by atoms with Crippen molar-refractivity contribution in [2.45, 2.75) is 37.6 Å². The van der Waals surface area contributed by atoms with E-state index in [-0.39, 0.29) is 22.8 Å². The molecule has 4 heterocycles. The second-order valence-electron chi connectivity index (χ2n) is 10.9. The molecule has 1 unspecified atom stereocenters. The highest BCUT2D eigenvalue weighted by Crippen LogP contribution is 2.41. The van der Waals surface area contributed by atoms with E-state index in [0.717, 1.165) is 22.0 Å². The van der Waals surface area contributed by atoms with Gasteiger partial charge in [0.15, 0.2) is 0 Å². The summed E-state index contributed by atoms with van der Waals surface area (Å²) in [5, 5.41) is 21.2. The molecule has 0 amide bonds. The molecule has 0 saturated carbocycles. The van der Waals surface area contributed by atoms with Crippen molar-refractivity contribution in [1.82, 2.24) is 25.5 Å². The average Bonchev–Trinajstić information content (AvgIpc) is 3.39. The predicted molar refractivity (Wildman–Crippen MR) is 149 cm³/mol. The van der Waals surface area contributed by atoms with Gasteiger partial charge in [0.2, 0.25) is 17.9 Å². The van der Waals surface area contributed by atoms with Gasteiger partial charge in [-0.05, 0) is 54.0 Å². The van der Waals surface area contributed by atoms with E-state index in [0.29, 0.717) is 44.7 Å². The molecule has 4 N–H and O–H groups in total. The molecule has 42 heavy (non-hydrogen) atoms. The fraction of sp³-hybridized carbons (Fsp3) is 0.345. The zero-order chi connectivity index (χ0) is 29.5. The smallest absolute Gasteiger partial charge is 0.429 e. The molecule has 2 fully saturated rings. The number of benzene rings is 2. The summed E-state index contributed by atoms with van der Waals surface area (Å²) in [5.41, 5.74) is 7.96. The van der Waals surface area contributed by atoms with E-state index in [1.54, 1.807) is 18.3 Å². The van der Waals surface area contributed by atoms with Crippen LogP contribution >= 0.6 is 0 Å². The number of ether oxygens (including phenoxy) is 1. The van der Waals surface area contributed by atoms with Crippen molar-refractivity contribution in [2.24, 2.45) is 5.41 Å². The Hall–Kier alpha value is -4.52. The summed E-state index contributed by atoms with van der Waals surface area (Å²) < 4.78 is 48.1. The molecule has 2 aromatic heterocycles. The number of hydrogen-bond donors (Lipinski definition) is 3. The number of aliphatic carboxylic acids is 1. The highest BCUT2D eigenvalue weighted by molar-refractivity contribution is 5.83. The number of carboxylic acid groups (broad SMARTS) is 1. The Labute approximate surface area is 238 Å². The van der Waals surface area contributed by atoms with E-state index in [1.165, 1.54) is 18.2 Å². The number of piperidine rings is 1. The highest BCUT2D eigenvalue weighted by Gasteiger charge is 2.45. The normalized spacial score (nSPS) is 19.2. The van der Waals surface area contributed by atoms with Gasteiger partial charge in [0.25, 0.3) is 0 Å². The number of nitrogens with zero attached hydrogens (tertiary/aromatic N) is 5. The summed E-state index contributed by atoms with van der Waals surface area (Å²) in [4.78, 5) is 21.5. The van der Waals surface area contributed by atoms with Crippen LogP contribution in [-0.4, -0.2) is 63.1 Å². The van der Waals surface area contributed by atoms with Gasteiger partial charge in [0.1, 0.15) is 11.9 Å². The molecule has 10 nitrogen and oxygen atoms in total. The van der Waals surface area contributed by atoms with Crippen molar-refractivity contribution >= 4 is 28.6 Å². The lowest BCUT2D eigenvalue weighted by Gasteiger charge is -2.39. The maximum Gasteiger partial charge on any atom is 0.429 e. The number of anilines is 2. The van der Waals surface area contributed by atoms with Crippen molar-refractivity contribution in [3.63, 3.8) is 0 Å². The maximum absolute atomic E-state index is 14.2.